The Labute approximate surface area is 91.2 Å². The lowest BCUT2D eigenvalue weighted by Gasteiger charge is -2.26. The largest absolute Gasteiger partial charge is 0.338 e. The van der Waals surface area contributed by atoms with Crippen LogP contribution in [0.4, 0.5) is 4.79 Å². The molecule has 2 amide bonds. The van der Waals surface area contributed by atoms with Crippen LogP contribution in [0.1, 0.15) is 32.1 Å². The SMILES string of the molecule is O=C(NCCCCC1CNC1)NC1CC1. The molecule has 1 heterocycles. The summed E-state index contributed by atoms with van der Waals surface area (Å²) in [6.07, 6.45) is 5.95. The van der Waals surface area contributed by atoms with E-state index in [1.165, 1.54) is 25.9 Å². The van der Waals surface area contributed by atoms with Gasteiger partial charge in [-0.05, 0) is 44.7 Å². The number of hydrogen-bond acceptors (Lipinski definition) is 2. The second-order valence-corrected chi connectivity index (χ2v) is 4.69. The molecule has 4 nitrogen and oxygen atoms in total. The second-order valence-electron chi connectivity index (χ2n) is 4.69. The topological polar surface area (TPSA) is 53.2 Å². The molecule has 86 valence electrons. The molecule has 0 atom stereocenters. The van der Waals surface area contributed by atoms with E-state index in [9.17, 15) is 4.79 Å². The van der Waals surface area contributed by atoms with Crippen molar-refractivity contribution in [3.8, 4) is 0 Å². The first-order chi connectivity index (χ1) is 7.34. The van der Waals surface area contributed by atoms with E-state index in [1.807, 2.05) is 0 Å². The summed E-state index contributed by atoms with van der Waals surface area (Å²) in [5.74, 6) is 0.894. The number of carbonyl (C=O) groups excluding carboxylic acids is 1. The third-order valence-electron chi connectivity index (χ3n) is 3.10. The third kappa shape index (κ3) is 4.08. The monoisotopic (exact) mass is 211 g/mol. The lowest BCUT2D eigenvalue weighted by Crippen LogP contribution is -2.41. The van der Waals surface area contributed by atoms with Gasteiger partial charge < -0.3 is 16.0 Å². The normalized spacial score (nSPS) is 20.8. The molecular weight excluding hydrogens is 190 g/mol. The molecule has 15 heavy (non-hydrogen) atoms. The highest BCUT2D eigenvalue weighted by molar-refractivity contribution is 5.74. The Morgan fingerprint density at radius 2 is 2.07 bits per heavy atom. The van der Waals surface area contributed by atoms with Crippen molar-refractivity contribution in [1.82, 2.24) is 16.0 Å². The van der Waals surface area contributed by atoms with E-state index in [2.05, 4.69) is 16.0 Å². The molecule has 2 aliphatic rings. The number of carbonyl (C=O) groups is 1. The van der Waals surface area contributed by atoms with Gasteiger partial charge in [0.1, 0.15) is 0 Å². The summed E-state index contributed by atoms with van der Waals surface area (Å²) in [4.78, 5) is 11.2. The Bertz CT molecular complexity index is 212. The number of amides is 2. The van der Waals surface area contributed by atoms with Crippen LogP contribution in [0.2, 0.25) is 0 Å². The van der Waals surface area contributed by atoms with Crippen LogP contribution in [0.15, 0.2) is 0 Å². The molecule has 3 N–H and O–H groups in total. The smallest absolute Gasteiger partial charge is 0.315 e. The van der Waals surface area contributed by atoms with Crippen molar-refractivity contribution in [3.05, 3.63) is 0 Å². The van der Waals surface area contributed by atoms with E-state index < -0.39 is 0 Å². The van der Waals surface area contributed by atoms with Crippen LogP contribution < -0.4 is 16.0 Å². The first-order valence-corrected chi connectivity index (χ1v) is 6.09. The zero-order valence-electron chi connectivity index (χ0n) is 9.22. The van der Waals surface area contributed by atoms with Crippen LogP contribution in [-0.4, -0.2) is 31.7 Å². The molecule has 2 rings (SSSR count). The van der Waals surface area contributed by atoms with Crippen molar-refractivity contribution in [3.63, 3.8) is 0 Å². The fourth-order valence-corrected chi connectivity index (χ4v) is 1.78. The minimum absolute atomic E-state index is 0.0165. The van der Waals surface area contributed by atoms with E-state index in [1.54, 1.807) is 0 Å². The lowest BCUT2D eigenvalue weighted by molar-refractivity contribution is 0.240. The van der Waals surface area contributed by atoms with Crippen molar-refractivity contribution in [2.75, 3.05) is 19.6 Å². The van der Waals surface area contributed by atoms with Crippen LogP contribution in [0.25, 0.3) is 0 Å². The molecule has 0 unspecified atom stereocenters. The van der Waals surface area contributed by atoms with Crippen LogP contribution in [0.5, 0.6) is 0 Å². The van der Waals surface area contributed by atoms with Gasteiger partial charge in [0.2, 0.25) is 0 Å². The summed E-state index contributed by atoms with van der Waals surface area (Å²) < 4.78 is 0. The summed E-state index contributed by atoms with van der Waals surface area (Å²) >= 11 is 0. The number of urea groups is 1. The van der Waals surface area contributed by atoms with Gasteiger partial charge in [0.15, 0.2) is 0 Å². The zero-order chi connectivity index (χ0) is 10.5. The number of unbranched alkanes of at least 4 members (excludes halogenated alkanes) is 1. The van der Waals surface area contributed by atoms with Gasteiger partial charge in [-0.1, -0.05) is 6.42 Å². The highest BCUT2D eigenvalue weighted by Crippen LogP contribution is 2.18. The van der Waals surface area contributed by atoms with Gasteiger partial charge >= 0.3 is 6.03 Å². The Morgan fingerprint density at radius 1 is 1.27 bits per heavy atom. The molecule has 0 aromatic carbocycles. The highest BCUT2D eigenvalue weighted by Gasteiger charge is 2.22. The zero-order valence-corrected chi connectivity index (χ0v) is 9.22. The van der Waals surface area contributed by atoms with Crippen molar-refractivity contribution in [2.45, 2.75) is 38.1 Å². The molecule has 0 radical (unpaired) electrons. The first-order valence-electron chi connectivity index (χ1n) is 6.09. The number of nitrogens with one attached hydrogen (secondary N) is 3. The Kier molecular flexibility index (Phi) is 3.83. The maximum atomic E-state index is 11.2. The van der Waals surface area contributed by atoms with Crippen LogP contribution in [0, 0.1) is 5.92 Å². The van der Waals surface area contributed by atoms with E-state index in [0.717, 1.165) is 31.7 Å². The molecule has 0 aromatic rings. The van der Waals surface area contributed by atoms with E-state index in [4.69, 9.17) is 0 Å². The lowest BCUT2D eigenvalue weighted by atomic mass is 9.96. The standard InChI is InChI=1S/C11H21N3O/c15-11(14-10-4-5-10)13-6-2-1-3-9-7-12-8-9/h9-10,12H,1-8H2,(H2,13,14,15). The van der Waals surface area contributed by atoms with Crippen LogP contribution in [-0.2, 0) is 0 Å². The summed E-state index contributed by atoms with van der Waals surface area (Å²) in [6, 6.07) is 0.480. The quantitative estimate of drug-likeness (QED) is 0.570. The summed E-state index contributed by atoms with van der Waals surface area (Å²) in [5.41, 5.74) is 0. The van der Waals surface area contributed by atoms with Gasteiger partial charge in [-0.25, -0.2) is 4.79 Å². The molecule has 1 saturated carbocycles. The average Bonchev–Trinajstić information content (AvgIpc) is 2.91. The van der Waals surface area contributed by atoms with Gasteiger partial charge in [-0.3, -0.25) is 0 Å². The molecule has 1 aliphatic heterocycles. The van der Waals surface area contributed by atoms with Crippen LogP contribution in [0.3, 0.4) is 0 Å². The van der Waals surface area contributed by atoms with Gasteiger partial charge in [0.05, 0.1) is 0 Å². The summed E-state index contributed by atoms with van der Waals surface area (Å²) in [5, 5.41) is 9.08. The maximum Gasteiger partial charge on any atom is 0.315 e. The summed E-state index contributed by atoms with van der Waals surface area (Å²) in [7, 11) is 0. The molecule has 0 spiro atoms. The van der Waals surface area contributed by atoms with Gasteiger partial charge in [-0.15, -0.1) is 0 Å². The van der Waals surface area contributed by atoms with E-state index >= 15 is 0 Å². The highest BCUT2D eigenvalue weighted by atomic mass is 16.2. The average molecular weight is 211 g/mol. The second kappa shape index (κ2) is 5.35. The maximum absolute atomic E-state index is 11.2. The third-order valence-corrected chi connectivity index (χ3v) is 3.10. The molecule has 1 aliphatic carbocycles. The number of rotatable bonds is 6. The fraction of sp³-hybridized carbons (Fsp3) is 0.909. The molecule has 1 saturated heterocycles. The van der Waals surface area contributed by atoms with Crippen molar-refractivity contribution >= 4 is 6.03 Å². The Balaban J connectivity index is 1.38. The molecule has 0 bridgehead atoms. The van der Waals surface area contributed by atoms with Gasteiger partial charge in [0, 0.05) is 12.6 Å². The van der Waals surface area contributed by atoms with E-state index in [0.29, 0.717) is 6.04 Å². The van der Waals surface area contributed by atoms with Crippen molar-refractivity contribution in [1.29, 1.82) is 0 Å². The van der Waals surface area contributed by atoms with Crippen molar-refractivity contribution < 1.29 is 4.79 Å². The number of hydrogen-bond donors (Lipinski definition) is 3. The van der Waals surface area contributed by atoms with Gasteiger partial charge in [0.25, 0.3) is 0 Å². The van der Waals surface area contributed by atoms with Crippen molar-refractivity contribution in [2.24, 2.45) is 5.92 Å². The van der Waals surface area contributed by atoms with Crippen LogP contribution >= 0.6 is 0 Å². The predicted octanol–water partition coefficient (Wildman–Crippen LogP) is 0.838. The molecular formula is C11H21N3O. The van der Waals surface area contributed by atoms with Gasteiger partial charge in [-0.2, -0.15) is 0 Å². The molecule has 2 fully saturated rings. The first kappa shape index (κ1) is 10.7. The summed E-state index contributed by atoms with van der Waals surface area (Å²) in [6.45, 7) is 3.20. The Morgan fingerprint density at radius 3 is 2.67 bits per heavy atom. The fourth-order valence-electron chi connectivity index (χ4n) is 1.78. The Hall–Kier alpha value is -0.770. The minimum atomic E-state index is 0.0165. The minimum Gasteiger partial charge on any atom is -0.338 e. The molecule has 0 aromatic heterocycles. The molecule has 4 heteroatoms. The predicted molar refractivity (Wildman–Crippen MR) is 59.8 cm³/mol. The van der Waals surface area contributed by atoms with E-state index in [-0.39, 0.29) is 6.03 Å².